The highest BCUT2D eigenvalue weighted by Gasteiger charge is 2.25. The van der Waals surface area contributed by atoms with Gasteiger partial charge >= 0.3 is 5.97 Å². The van der Waals surface area contributed by atoms with Gasteiger partial charge in [-0.05, 0) is 18.1 Å². The van der Waals surface area contributed by atoms with E-state index in [0.717, 1.165) is 0 Å². The molecular formula is C12H16O4S. The molecule has 1 N–H and O–H groups in total. The monoisotopic (exact) mass is 256 g/mol. The first-order valence-corrected chi connectivity index (χ1v) is 7.13. The molecule has 17 heavy (non-hydrogen) atoms. The molecule has 0 aliphatic rings. The van der Waals surface area contributed by atoms with E-state index in [1.165, 1.54) is 6.07 Å². The minimum absolute atomic E-state index is 0.0277. The standard InChI is InChI=1S/C12H16O4S/c1-3-9(12(13)14)10-7-5-6-8-11(10)17(15,16)4-2/h5-9H,3-4H2,1-2H3,(H,13,14). The minimum Gasteiger partial charge on any atom is -0.481 e. The third kappa shape index (κ3) is 2.85. The maximum atomic E-state index is 11.9. The van der Waals surface area contributed by atoms with Gasteiger partial charge in [0.15, 0.2) is 9.84 Å². The van der Waals surface area contributed by atoms with Crippen LogP contribution in [0.2, 0.25) is 0 Å². The van der Waals surface area contributed by atoms with Gasteiger partial charge in [-0.2, -0.15) is 0 Å². The van der Waals surface area contributed by atoms with Crippen LogP contribution in [0.1, 0.15) is 31.7 Å². The molecule has 5 heteroatoms. The van der Waals surface area contributed by atoms with Crippen molar-refractivity contribution < 1.29 is 18.3 Å². The third-order valence-corrected chi connectivity index (χ3v) is 4.52. The molecule has 0 fully saturated rings. The maximum absolute atomic E-state index is 11.9. The molecule has 0 aliphatic heterocycles. The Kier molecular flexibility index (Phi) is 4.28. The van der Waals surface area contributed by atoms with E-state index in [9.17, 15) is 13.2 Å². The largest absolute Gasteiger partial charge is 0.481 e. The highest BCUT2D eigenvalue weighted by atomic mass is 32.2. The van der Waals surface area contributed by atoms with Crippen molar-refractivity contribution in [2.45, 2.75) is 31.1 Å². The van der Waals surface area contributed by atoms with E-state index in [1.54, 1.807) is 32.0 Å². The zero-order valence-electron chi connectivity index (χ0n) is 9.88. The Labute approximate surface area is 101 Å². The molecule has 0 aliphatic carbocycles. The summed E-state index contributed by atoms with van der Waals surface area (Å²) in [6.07, 6.45) is 0.367. The SMILES string of the molecule is CCC(C(=O)O)c1ccccc1S(=O)(=O)CC. The average Bonchev–Trinajstić information content (AvgIpc) is 2.30. The molecule has 0 bridgehead atoms. The van der Waals surface area contributed by atoms with E-state index in [1.807, 2.05) is 0 Å². The Morgan fingerprint density at radius 2 is 1.88 bits per heavy atom. The molecule has 1 rings (SSSR count). The molecule has 4 nitrogen and oxygen atoms in total. The van der Waals surface area contributed by atoms with Crippen LogP contribution in [0.4, 0.5) is 0 Å². The van der Waals surface area contributed by atoms with Crippen LogP contribution in [-0.4, -0.2) is 25.2 Å². The molecule has 0 amide bonds. The topological polar surface area (TPSA) is 71.4 Å². The molecule has 0 saturated carbocycles. The lowest BCUT2D eigenvalue weighted by molar-refractivity contribution is -0.138. The number of benzene rings is 1. The first-order valence-electron chi connectivity index (χ1n) is 5.48. The summed E-state index contributed by atoms with van der Waals surface area (Å²) in [6.45, 7) is 3.28. The average molecular weight is 256 g/mol. The van der Waals surface area contributed by atoms with Gasteiger partial charge < -0.3 is 5.11 Å². The molecule has 0 saturated heterocycles. The van der Waals surface area contributed by atoms with Crippen molar-refractivity contribution in [2.24, 2.45) is 0 Å². The normalized spacial score (nSPS) is 13.3. The number of aliphatic carboxylic acids is 1. The second-order valence-corrected chi connectivity index (χ2v) is 5.99. The predicted octanol–water partition coefficient (Wildman–Crippen LogP) is 2.06. The van der Waals surface area contributed by atoms with Crippen LogP contribution < -0.4 is 0 Å². The summed E-state index contributed by atoms with van der Waals surface area (Å²) in [4.78, 5) is 11.2. The van der Waals surface area contributed by atoms with Crippen molar-refractivity contribution in [1.29, 1.82) is 0 Å². The van der Waals surface area contributed by atoms with Crippen LogP contribution in [0, 0.1) is 0 Å². The van der Waals surface area contributed by atoms with Crippen LogP contribution in [0.5, 0.6) is 0 Å². The van der Waals surface area contributed by atoms with Crippen LogP contribution in [-0.2, 0) is 14.6 Å². The molecule has 0 heterocycles. The van der Waals surface area contributed by atoms with Gasteiger partial charge in [-0.1, -0.05) is 32.0 Å². The first-order chi connectivity index (χ1) is 7.94. The maximum Gasteiger partial charge on any atom is 0.311 e. The Bertz CT molecular complexity index is 505. The summed E-state index contributed by atoms with van der Waals surface area (Å²) >= 11 is 0. The Morgan fingerprint density at radius 1 is 1.29 bits per heavy atom. The van der Waals surface area contributed by atoms with Gasteiger partial charge in [-0.15, -0.1) is 0 Å². The lowest BCUT2D eigenvalue weighted by Crippen LogP contribution is -2.15. The molecule has 1 aromatic rings. The molecule has 1 unspecified atom stereocenters. The fourth-order valence-corrected chi connectivity index (χ4v) is 2.90. The van der Waals surface area contributed by atoms with Crippen molar-refractivity contribution >= 4 is 15.8 Å². The Hall–Kier alpha value is -1.36. The molecule has 1 atom stereocenters. The van der Waals surface area contributed by atoms with Crippen LogP contribution >= 0.6 is 0 Å². The number of carboxylic acid groups (broad SMARTS) is 1. The number of hydrogen-bond acceptors (Lipinski definition) is 3. The van der Waals surface area contributed by atoms with E-state index in [4.69, 9.17) is 5.11 Å². The molecule has 0 spiro atoms. The number of hydrogen-bond donors (Lipinski definition) is 1. The number of sulfone groups is 1. The number of rotatable bonds is 5. The summed E-state index contributed by atoms with van der Waals surface area (Å²) in [5, 5.41) is 9.09. The van der Waals surface area contributed by atoms with Crippen molar-refractivity contribution in [1.82, 2.24) is 0 Å². The molecule has 94 valence electrons. The van der Waals surface area contributed by atoms with Crippen molar-refractivity contribution in [3.8, 4) is 0 Å². The summed E-state index contributed by atoms with van der Waals surface area (Å²) in [7, 11) is -3.38. The first kappa shape index (κ1) is 13.7. The van der Waals surface area contributed by atoms with Gasteiger partial charge in [0.2, 0.25) is 0 Å². The second kappa shape index (κ2) is 5.31. The predicted molar refractivity (Wildman–Crippen MR) is 64.8 cm³/mol. The quantitative estimate of drug-likeness (QED) is 0.875. The van der Waals surface area contributed by atoms with Gasteiger partial charge in [0.1, 0.15) is 0 Å². The van der Waals surface area contributed by atoms with Crippen LogP contribution in [0.15, 0.2) is 29.2 Å². The molecule has 0 radical (unpaired) electrons. The lowest BCUT2D eigenvalue weighted by atomic mass is 9.97. The van der Waals surface area contributed by atoms with E-state index >= 15 is 0 Å². The van der Waals surface area contributed by atoms with Gasteiger partial charge in [0.25, 0.3) is 0 Å². The molecule has 1 aromatic carbocycles. The Morgan fingerprint density at radius 3 is 2.35 bits per heavy atom. The zero-order chi connectivity index (χ0) is 13.1. The summed E-state index contributed by atoms with van der Waals surface area (Å²) in [5.74, 6) is -1.79. The highest BCUT2D eigenvalue weighted by molar-refractivity contribution is 7.91. The van der Waals surface area contributed by atoms with E-state index in [0.29, 0.717) is 12.0 Å². The lowest BCUT2D eigenvalue weighted by Gasteiger charge is -2.14. The Balaban J connectivity index is 3.40. The summed E-state index contributed by atoms with van der Waals surface area (Å²) in [5.41, 5.74) is 0.379. The minimum atomic E-state index is -3.38. The van der Waals surface area contributed by atoms with Gasteiger partial charge in [0.05, 0.1) is 16.6 Å². The third-order valence-electron chi connectivity index (χ3n) is 2.72. The van der Waals surface area contributed by atoms with E-state index < -0.39 is 21.7 Å². The summed E-state index contributed by atoms with van der Waals surface area (Å²) in [6, 6.07) is 6.32. The van der Waals surface area contributed by atoms with Gasteiger partial charge in [-0.3, -0.25) is 4.79 Å². The van der Waals surface area contributed by atoms with Gasteiger partial charge in [-0.25, -0.2) is 8.42 Å². The molecule has 0 aromatic heterocycles. The van der Waals surface area contributed by atoms with Crippen molar-refractivity contribution in [3.05, 3.63) is 29.8 Å². The fourth-order valence-electron chi connectivity index (χ4n) is 1.73. The van der Waals surface area contributed by atoms with Crippen LogP contribution in [0.25, 0.3) is 0 Å². The summed E-state index contributed by atoms with van der Waals surface area (Å²) < 4.78 is 23.7. The highest BCUT2D eigenvalue weighted by Crippen LogP contribution is 2.27. The van der Waals surface area contributed by atoms with Crippen molar-refractivity contribution in [3.63, 3.8) is 0 Å². The van der Waals surface area contributed by atoms with E-state index in [-0.39, 0.29) is 10.6 Å². The van der Waals surface area contributed by atoms with E-state index in [2.05, 4.69) is 0 Å². The molecular weight excluding hydrogens is 240 g/mol. The van der Waals surface area contributed by atoms with Crippen LogP contribution in [0.3, 0.4) is 0 Å². The number of carbonyl (C=O) groups is 1. The zero-order valence-corrected chi connectivity index (χ0v) is 10.7. The van der Waals surface area contributed by atoms with Gasteiger partial charge in [0, 0.05) is 0 Å². The smallest absolute Gasteiger partial charge is 0.311 e. The fraction of sp³-hybridized carbons (Fsp3) is 0.417. The second-order valence-electron chi connectivity index (χ2n) is 3.74. The van der Waals surface area contributed by atoms with Crippen molar-refractivity contribution in [2.75, 3.05) is 5.75 Å². The number of carboxylic acids is 1.